The van der Waals surface area contributed by atoms with Crippen LogP contribution in [0.1, 0.15) is 43.1 Å². The first kappa shape index (κ1) is 12.8. The summed E-state index contributed by atoms with van der Waals surface area (Å²) >= 11 is 0. The van der Waals surface area contributed by atoms with E-state index in [1.54, 1.807) is 6.07 Å². The average molecular weight is 248 g/mol. The second-order valence-corrected chi connectivity index (χ2v) is 4.57. The van der Waals surface area contributed by atoms with E-state index >= 15 is 0 Å². The summed E-state index contributed by atoms with van der Waals surface area (Å²) in [5.41, 5.74) is 0.491. The van der Waals surface area contributed by atoms with E-state index in [2.05, 4.69) is 22.2 Å². The molecule has 0 aliphatic carbocycles. The molecule has 1 aliphatic heterocycles. The standard InChI is InChI=1S/C13H20N4O/c1-2-6-14-12-9-11(15-10-16-12)13(18)17-7-4-3-5-8-17/h9-10H,2-8H2,1H3,(H,14,15,16). The van der Waals surface area contributed by atoms with E-state index in [1.807, 2.05) is 4.90 Å². The predicted octanol–water partition coefficient (Wildman–Crippen LogP) is 1.92. The molecular formula is C13H20N4O. The van der Waals surface area contributed by atoms with E-state index in [-0.39, 0.29) is 5.91 Å². The average Bonchev–Trinajstić information content (AvgIpc) is 2.45. The highest BCUT2D eigenvalue weighted by Gasteiger charge is 2.19. The summed E-state index contributed by atoms with van der Waals surface area (Å²) in [6.45, 7) is 4.64. The van der Waals surface area contributed by atoms with Crippen LogP contribution < -0.4 is 5.32 Å². The van der Waals surface area contributed by atoms with E-state index in [0.29, 0.717) is 5.69 Å². The van der Waals surface area contributed by atoms with Crippen molar-refractivity contribution in [3.63, 3.8) is 0 Å². The van der Waals surface area contributed by atoms with Gasteiger partial charge in [0.25, 0.3) is 5.91 Å². The molecule has 1 aromatic rings. The molecule has 0 unspecified atom stereocenters. The monoisotopic (exact) mass is 248 g/mol. The van der Waals surface area contributed by atoms with Crippen LogP contribution in [0.15, 0.2) is 12.4 Å². The molecule has 0 saturated carbocycles. The van der Waals surface area contributed by atoms with Gasteiger partial charge >= 0.3 is 0 Å². The molecule has 1 fully saturated rings. The smallest absolute Gasteiger partial charge is 0.272 e. The molecular weight excluding hydrogens is 228 g/mol. The maximum absolute atomic E-state index is 12.2. The number of hydrogen-bond donors (Lipinski definition) is 1. The summed E-state index contributed by atoms with van der Waals surface area (Å²) in [7, 11) is 0. The maximum atomic E-state index is 12.2. The molecule has 0 aromatic carbocycles. The molecule has 98 valence electrons. The third-order valence-corrected chi connectivity index (χ3v) is 3.09. The van der Waals surface area contributed by atoms with Gasteiger partial charge in [-0.15, -0.1) is 0 Å². The molecule has 0 bridgehead atoms. The predicted molar refractivity (Wildman–Crippen MR) is 70.6 cm³/mol. The van der Waals surface area contributed by atoms with Gasteiger partial charge in [0.2, 0.25) is 0 Å². The van der Waals surface area contributed by atoms with Crippen molar-refractivity contribution < 1.29 is 4.79 Å². The number of piperidine rings is 1. The first-order chi connectivity index (χ1) is 8.81. The Hall–Kier alpha value is -1.65. The van der Waals surface area contributed by atoms with Crippen LogP contribution in [0.2, 0.25) is 0 Å². The SMILES string of the molecule is CCCNc1cc(C(=O)N2CCCCC2)ncn1. The number of aromatic nitrogens is 2. The van der Waals surface area contributed by atoms with Gasteiger partial charge in [-0.2, -0.15) is 0 Å². The fourth-order valence-electron chi connectivity index (χ4n) is 2.08. The van der Waals surface area contributed by atoms with Gasteiger partial charge in [0.15, 0.2) is 0 Å². The first-order valence-corrected chi connectivity index (χ1v) is 6.66. The first-order valence-electron chi connectivity index (χ1n) is 6.66. The largest absolute Gasteiger partial charge is 0.370 e. The topological polar surface area (TPSA) is 58.1 Å². The summed E-state index contributed by atoms with van der Waals surface area (Å²) in [4.78, 5) is 22.3. The lowest BCUT2D eigenvalue weighted by molar-refractivity contribution is 0.0718. The third-order valence-electron chi connectivity index (χ3n) is 3.09. The number of carbonyl (C=O) groups excluding carboxylic acids is 1. The molecule has 1 saturated heterocycles. The summed E-state index contributed by atoms with van der Waals surface area (Å²) in [6, 6.07) is 1.74. The number of likely N-dealkylation sites (tertiary alicyclic amines) is 1. The molecule has 5 nitrogen and oxygen atoms in total. The Morgan fingerprint density at radius 1 is 1.33 bits per heavy atom. The number of nitrogens with one attached hydrogen (secondary N) is 1. The highest BCUT2D eigenvalue weighted by molar-refractivity contribution is 5.92. The van der Waals surface area contributed by atoms with Gasteiger partial charge < -0.3 is 10.2 Å². The Labute approximate surface area is 108 Å². The summed E-state index contributed by atoms with van der Waals surface area (Å²) in [5.74, 6) is 0.754. The highest BCUT2D eigenvalue weighted by atomic mass is 16.2. The van der Waals surface area contributed by atoms with Gasteiger partial charge in [0.1, 0.15) is 17.8 Å². The van der Waals surface area contributed by atoms with Gasteiger partial charge in [-0.25, -0.2) is 9.97 Å². The van der Waals surface area contributed by atoms with Crippen molar-refractivity contribution in [3.05, 3.63) is 18.1 Å². The number of hydrogen-bond acceptors (Lipinski definition) is 4. The van der Waals surface area contributed by atoms with Gasteiger partial charge in [-0.05, 0) is 25.7 Å². The highest BCUT2D eigenvalue weighted by Crippen LogP contribution is 2.13. The molecule has 18 heavy (non-hydrogen) atoms. The van der Waals surface area contributed by atoms with E-state index in [1.165, 1.54) is 12.7 Å². The Morgan fingerprint density at radius 3 is 2.83 bits per heavy atom. The Morgan fingerprint density at radius 2 is 2.11 bits per heavy atom. The Kier molecular flexibility index (Phi) is 4.50. The molecule has 1 N–H and O–H groups in total. The number of nitrogens with zero attached hydrogens (tertiary/aromatic N) is 3. The van der Waals surface area contributed by atoms with E-state index in [0.717, 1.165) is 44.7 Å². The molecule has 2 heterocycles. The fraction of sp³-hybridized carbons (Fsp3) is 0.615. The summed E-state index contributed by atoms with van der Waals surface area (Å²) in [6.07, 6.45) is 5.89. The van der Waals surface area contributed by atoms with Crippen molar-refractivity contribution in [2.24, 2.45) is 0 Å². The van der Waals surface area contributed by atoms with Gasteiger partial charge in [0.05, 0.1) is 0 Å². The lowest BCUT2D eigenvalue weighted by Gasteiger charge is -2.26. The van der Waals surface area contributed by atoms with Crippen molar-refractivity contribution in [3.8, 4) is 0 Å². The molecule has 0 spiro atoms. The normalized spacial score (nSPS) is 15.5. The van der Waals surface area contributed by atoms with Gasteiger partial charge in [-0.3, -0.25) is 4.79 Å². The second-order valence-electron chi connectivity index (χ2n) is 4.57. The summed E-state index contributed by atoms with van der Waals surface area (Å²) < 4.78 is 0. The zero-order chi connectivity index (χ0) is 12.8. The number of anilines is 1. The molecule has 0 radical (unpaired) electrons. The van der Waals surface area contributed by atoms with Crippen LogP contribution in [-0.4, -0.2) is 40.4 Å². The van der Waals surface area contributed by atoms with Crippen LogP contribution in [0.4, 0.5) is 5.82 Å². The minimum Gasteiger partial charge on any atom is -0.370 e. The van der Waals surface area contributed by atoms with Gasteiger partial charge in [-0.1, -0.05) is 6.92 Å². The van der Waals surface area contributed by atoms with Crippen LogP contribution in [0.25, 0.3) is 0 Å². The van der Waals surface area contributed by atoms with Crippen molar-refractivity contribution in [1.82, 2.24) is 14.9 Å². The lowest BCUT2D eigenvalue weighted by atomic mass is 10.1. The Balaban J connectivity index is 2.04. The zero-order valence-electron chi connectivity index (χ0n) is 10.9. The molecule has 5 heteroatoms. The molecule has 2 rings (SSSR count). The molecule has 1 aliphatic rings. The van der Waals surface area contributed by atoms with Crippen LogP contribution >= 0.6 is 0 Å². The molecule has 0 atom stereocenters. The van der Waals surface area contributed by atoms with E-state index < -0.39 is 0 Å². The molecule has 1 amide bonds. The van der Waals surface area contributed by atoms with Crippen LogP contribution in [0.5, 0.6) is 0 Å². The van der Waals surface area contributed by atoms with Crippen molar-refractivity contribution in [2.45, 2.75) is 32.6 Å². The van der Waals surface area contributed by atoms with E-state index in [4.69, 9.17) is 0 Å². The molecule has 1 aromatic heterocycles. The van der Waals surface area contributed by atoms with Crippen LogP contribution in [0, 0.1) is 0 Å². The minimum absolute atomic E-state index is 0.0247. The van der Waals surface area contributed by atoms with Crippen LogP contribution in [-0.2, 0) is 0 Å². The maximum Gasteiger partial charge on any atom is 0.272 e. The van der Waals surface area contributed by atoms with Crippen LogP contribution in [0.3, 0.4) is 0 Å². The number of carbonyl (C=O) groups is 1. The van der Waals surface area contributed by atoms with Gasteiger partial charge in [0, 0.05) is 25.7 Å². The fourth-order valence-corrected chi connectivity index (χ4v) is 2.08. The number of amides is 1. The second kappa shape index (κ2) is 6.33. The number of rotatable bonds is 4. The summed E-state index contributed by atoms with van der Waals surface area (Å²) in [5, 5.41) is 3.17. The van der Waals surface area contributed by atoms with Crippen molar-refractivity contribution in [1.29, 1.82) is 0 Å². The van der Waals surface area contributed by atoms with Crippen molar-refractivity contribution >= 4 is 11.7 Å². The third kappa shape index (κ3) is 3.18. The zero-order valence-corrected chi connectivity index (χ0v) is 10.9. The quantitative estimate of drug-likeness (QED) is 0.884. The lowest BCUT2D eigenvalue weighted by Crippen LogP contribution is -2.36. The van der Waals surface area contributed by atoms with E-state index in [9.17, 15) is 4.79 Å². The minimum atomic E-state index is 0.0247. The Bertz CT molecular complexity index is 402. The van der Waals surface area contributed by atoms with Crippen molar-refractivity contribution in [2.75, 3.05) is 25.0 Å².